The van der Waals surface area contributed by atoms with Crippen LogP contribution in [0, 0.1) is 11.6 Å². The van der Waals surface area contributed by atoms with Gasteiger partial charge in [0.25, 0.3) is 0 Å². The highest BCUT2D eigenvalue weighted by molar-refractivity contribution is 5.85. The lowest BCUT2D eigenvalue weighted by Crippen LogP contribution is -2.23. The van der Waals surface area contributed by atoms with Crippen LogP contribution in [0.15, 0.2) is 23.1 Å². The van der Waals surface area contributed by atoms with Crippen molar-refractivity contribution in [3.05, 3.63) is 40.2 Å². The van der Waals surface area contributed by atoms with Crippen LogP contribution in [0.3, 0.4) is 0 Å². The third-order valence-electron chi connectivity index (χ3n) is 3.00. The molecule has 3 nitrogen and oxygen atoms in total. The average molecular weight is 237 g/mol. The molecule has 0 amide bonds. The third-order valence-corrected chi connectivity index (χ3v) is 3.00. The summed E-state index contributed by atoms with van der Waals surface area (Å²) >= 11 is 0. The molecule has 1 aromatic carbocycles. The van der Waals surface area contributed by atoms with E-state index < -0.39 is 11.6 Å². The van der Waals surface area contributed by atoms with Crippen molar-refractivity contribution in [1.82, 2.24) is 4.57 Å². The number of aromatic nitrogens is 1. The fraction of sp³-hybridized carbons (Fsp3) is 0.250. The molecular weight excluding hydrogens is 228 g/mol. The van der Waals surface area contributed by atoms with Gasteiger partial charge in [0.1, 0.15) is 6.61 Å². The van der Waals surface area contributed by atoms with Crippen molar-refractivity contribution in [3.8, 4) is 5.75 Å². The number of ether oxygens (including phenoxy) is 1. The molecule has 0 unspecified atom stereocenters. The molecule has 2 aromatic rings. The van der Waals surface area contributed by atoms with E-state index in [4.69, 9.17) is 4.74 Å². The van der Waals surface area contributed by atoms with Gasteiger partial charge in [-0.15, -0.1) is 0 Å². The first-order valence-corrected chi connectivity index (χ1v) is 5.25. The summed E-state index contributed by atoms with van der Waals surface area (Å²) in [5.74, 6) is -2.27. The van der Waals surface area contributed by atoms with E-state index in [9.17, 15) is 13.6 Å². The summed E-state index contributed by atoms with van der Waals surface area (Å²) in [5, 5.41) is 0.146. The zero-order valence-corrected chi connectivity index (χ0v) is 9.04. The second-order valence-corrected chi connectivity index (χ2v) is 4.14. The first kappa shape index (κ1) is 10.3. The van der Waals surface area contributed by atoms with Gasteiger partial charge in [-0.25, -0.2) is 4.39 Å². The lowest BCUT2D eigenvalue weighted by molar-refractivity contribution is 0.233. The van der Waals surface area contributed by atoms with Gasteiger partial charge >= 0.3 is 0 Å². The highest BCUT2D eigenvalue weighted by atomic mass is 19.2. The fourth-order valence-corrected chi connectivity index (χ4v) is 2.13. The normalized spacial score (nSPS) is 18.2. The maximum atomic E-state index is 13.6. The van der Waals surface area contributed by atoms with Gasteiger partial charge in [0.05, 0.1) is 16.9 Å². The van der Waals surface area contributed by atoms with Crippen molar-refractivity contribution in [3.63, 3.8) is 0 Å². The molecule has 0 radical (unpaired) electrons. The monoisotopic (exact) mass is 237 g/mol. The molecule has 0 saturated carbocycles. The minimum Gasteiger partial charge on any atom is -0.486 e. The third kappa shape index (κ3) is 1.28. The predicted molar refractivity (Wildman–Crippen MR) is 58.3 cm³/mol. The zero-order valence-electron chi connectivity index (χ0n) is 9.04. The number of nitrogens with zero attached hydrogens (tertiary/aromatic N) is 1. The standard InChI is InChI=1S/C12H9F2NO2/c1-6-5-17-12-10(14)8(13)4-7-9(16)2-3-15(6)11(7)12/h2-4,6H,5H2,1H3/t6-/m0/s1. The van der Waals surface area contributed by atoms with Crippen molar-refractivity contribution >= 4 is 10.9 Å². The molecule has 0 N–H and O–H groups in total. The average Bonchev–Trinajstić information content (AvgIpc) is 2.31. The van der Waals surface area contributed by atoms with E-state index in [2.05, 4.69) is 0 Å². The van der Waals surface area contributed by atoms with Crippen LogP contribution in [0.25, 0.3) is 10.9 Å². The molecule has 1 aliphatic heterocycles. The minimum atomic E-state index is -1.06. The van der Waals surface area contributed by atoms with Gasteiger partial charge in [0.15, 0.2) is 17.0 Å². The second-order valence-electron chi connectivity index (χ2n) is 4.14. The second kappa shape index (κ2) is 3.29. The Bertz CT molecular complexity index is 678. The molecule has 3 rings (SSSR count). The number of rotatable bonds is 0. The van der Waals surface area contributed by atoms with Crippen LogP contribution in [0.5, 0.6) is 5.75 Å². The van der Waals surface area contributed by atoms with Gasteiger partial charge in [0, 0.05) is 12.3 Å². The molecule has 17 heavy (non-hydrogen) atoms. The van der Waals surface area contributed by atoms with Gasteiger partial charge in [-0.3, -0.25) is 4.79 Å². The van der Waals surface area contributed by atoms with Gasteiger partial charge in [-0.05, 0) is 13.0 Å². The van der Waals surface area contributed by atoms with Crippen molar-refractivity contribution in [2.45, 2.75) is 13.0 Å². The maximum absolute atomic E-state index is 13.6. The van der Waals surface area contributed by atoms with Gasteiger partial charge < -0.3 is 9.30 Å². The number of benzene rings is 1. The number of hydrogen-bond acceptors (Lipinski definition) is 2. The first-order valence-electron chi connectivity index (χ1n) is 5.25. The van der Waals surface area contributed by atoms with E-state index in [-0.39, 0.29) is 29.2 Å². The van der Waals surface area contributed by atoms with Crippen molar-refractivity contribution in [2.24, 2.45) is 0 Å². The zero-order chi connectivity index (χ0) is 12.2. The molecule has 1 atom stereocenters. The predicted octanol–water partition coefficient (Wildman–Crippen LogP) is 2.23. The fourth-order valence-electron chi connectivity index (χ4n) is 2.13. The number of hydrogen-bond donors (Lipinski definition) is 0. The summed E-state index contributed by atoms with van der Waals surface area (Å²) in [6.45, 7) is 2.14. The largest absolute Gasteiger partial charge is 0.486 e. The van der Waals surface area contributed by atoms with Crippen LogP contribution in [0.1, 0.15) is 13.0 Å². The van der Waals surface area contributed by atoms with E-state index in [1.807, 2.05) is 6.92 Å². The molecule has 0 spiro atoms. The smallest absolute Gasteiger partial charge is 0.202 e. The molecule has 0 aliphatic carbocycles. The molecule has 0 fully saturated rings. The summed E-state index contributed by atoms with van der Waals surface area (Å²) in [6, 6.07) is 2.26. The van der Waals surface area contributed by atoms with Crippen LogP contribution < -0.4 is 10.2 Å². The molecule has 5 heteroatoms. The van der Waals surface area contributed by atoms with E-state index in [1.54, 1.807) is 10.8 Å². The van der Waals surface area contributed by atoms with Crippen LogP contribution in [0.4, 0.5) is 8.78 Å². The van der Waals surface area contributed by atoms with E-state index in [0.29, 0.717) is 5.52 Å². The lowest BCUT2D eigenvalue weighted by Gasteiger charge is -2.26. The van der Waals surface area contributed by atoms with Crippen molar-refractivity contribution in [2.75, 3.05) is 6.61 Å². The SMILES string of the molecule is C[C@H]1COc2c(F)c(F)cc3c(=O)ccn1c23. The Kier molecular flexibility index (Phi) is 1.98. The Labute approximate surface area is 95.2 Å². The minimum absolute atomic E-state index is 0.0181. The molecule has 0 saturated heterocycles. The molecule has 1 aliphatic rings. The van der Waals surface area contributed by atoms with Crippen LogP contribution in [0.2, 0.25) is 0 Å². The Balaban J connectivity index is 2.57. The van der Waals surface area contributed by atoms with E-state index in [1.165, 1.54) is 6.07 Å². The number of halogens is 2. The molecule has 1 aromatic heterocycles. The van der Waals surface area contributed by atoms with Crippen molar-refractivity contribution < 1.29 is 13.5 Å². The maximum Gasteiger partial charge on any atom is 0.202 e. The van der Waals surface area contributed by atoms with Gasteiger partial charge in [0.2, 0.25) is 5.82 Å². The quantitative estimate of drug-likeness (QED) is 0.703. The van der Waals surface area contributed by atoms with Crippen LogP contribution in [-0.2, 0) is 0 Å². The molecule has 2 heterocycles. The summed E-state index contributed by atoms with van der Waals surface area (Å²) in [6.07, 6.45) is 1.58. The summed E-state index contributed by atoms with van der Waals surface area (Å²) in [5.41, 5.74) is -0.00995. The van der Waals surface area contributed by atoms with Crippen LogP contribution >= 0.6 is 0 Å². The Hall–Kier alpha value is -1.91. The molecule has 0 bridgehead atoms. The number of pyridine rings is 1. The Morgan fingerprint density at radius 1 is 1.47 bits per heavy atom. The van der Waals surface area contributed by atoms with Gasteiger partial charge in [-0.1, -0.05) is 0 Å². The van der Waals surface area contributed by atoms with E-state index in [0.717, 1.165) is 6.07 Å². The molecule has 88 valence electrons. The van der Waals surface area contributed by atoms with Gasteiger partial charge in [-0.2, -0.15) is 4.39 Å². The summed E-state index contributed by atoms with van der Waals surface area (Å²) in [7, 11) is 0. The molecular formula is C12H9F2NO2. The summed E-state index contributed by atoms with van der Waals surface area (Å²) in [4.78, 5) is 11.6. The summed E-state index contributed by atoms with van der Waals surface area (Å²) < 4.78 is 33.8. The highest BCUT2D eigenvalue weighted by Gasteiger charge is 2.24. The van der Waals surface area contributed by atoms with Crippen molar-refractivity contribution in [1.29, 1.82) is 0 Å². The van der Waals surface area contributed by atoms with E-state index >= 15 is 0 Å². The highest BCUT2D eigenvalue weighted by Crippen LogP contribution is 2.34. The first-order chi connectivity index (χ1) is 8.09. The lowest BCUT2D eigenvalue weighted by atomic mass is 10.1. The van der Waals surface area contributed by atoms with Crippen LogP contribution in [-0.4, -0.2) is 11.2 Å². The topological polar surface area (TPSA) is 31.2 Å². The Morgan fingerprint density at radius 3 is 3.00 bits per heavy atom. The Morgan fingerprint density at radius 2 is 2.24 bits per heavy atom.